The molecule has 1 aromatic rings. The molecule has 2 atom stereocenters. The molecule has 2 aliphatic heterocycles. The fraction of sp³-hybridized carbons (Fsp3) is 0.615. The lowest BCUT2D eigenvalue weighted by atomic mass is 9.97. The van der Waals surface area contributed by atoms with E-state index in [2.05, 4.69) is 11.9 Å². The van der Waals surface area contributed by atoms with Gasteiger partial charge in [-0.2, -0.15) is 0 Å². The Morgan fingerprint density at radius 1 is 1.56 bits per heavy atom. The Balaban J connectivity index is 2.04. The van der Waals surface area contributed by atoms with E-state index < -0.39 is 0 Å². The van der Waals surface area contributed by atoms with E-state index in [1.54, 1.807) is 11.3 Å². The van der Waals surface area contributed by atoms with Gasteiger partial charge in [0.1, 0.15) is 5.00 Å². The van der Waals surface area contributed by atoms with Crippen molar-refractivity contribution in [2.24, 2.45) is 0 Å². The van der Waals surface area contributed by atoms with Gasteiger partial charge in [0, 0.05) is 17.0 Å². The van der Waals surface area contributed by atoms with Gasteiger partial charge in [0.25, 0.3) is 0 Å². The number of ether oxygens (including phenoxy) is 1. The van der Waals surface area contributed by atoms with Crippen LogP contribution in [0.5, 0.6) is 0 Å². The summed E-state index contributed by atoms with van der Waals surface area (Å²) in [6.45, 7) is 2.22. The van der Waals surface area contributed by atoms with Crippen LogP contribution in [-0.4, -0.2) is 30.6 Å². The zero-order chi connectivity index (χ0) is 12.9. The second-order valence-electron chi connectivity index (χ2n) is 5.02. The molecule has 3 rings (SSSR count). The molecule has 0 amide bonds. The Bertz CT molecular complexity index is 497. The van der Waals surface area contributed by atoms with Crippen LogP contribution in [0, 0.1) is 0 Å². The summed E-state index contributed by atoms with van der Waals surface area (Å²) in [5, 5.41) is 0.624. The van der Waals surface area contributed by atoms with Crippen LogP contribution in [0.3, 0.4) is 0 Å². The topological polar surface area (TPSA) is 55.6 Å². The Morgan fingerprint density at radius 2 is 2.33 bits per heavy atom. The maximum Gasteiger partial charge on any atom is 0.341 e. The summed E-state index contributed by atoms with van der Waals surface area (Å²) < 4.78 is 5.13. The van der Waals surface area contributed by atoms with Crippen molar-refractivity contribution in [1.29, 1.82) is 0 Å². The summed E-state index contributed by atoms with van der Waals surface area (Å²) in [6.07, 6.45) is 3.32. The average Bonchev–Trinajstić information content (AvgIpc) is 2.76. The number of anilines is 1. The minimum atomic E-state index is -0.253. The van der Waals surface area contributed by atoms with E-state index in [1.165, 1.54) is 17.7 Å². The Labute approximate surface area is 111 Å². The number of nitrogens with zero attached hydrogens (tertiary/aromatic N) is 1. The third-order valence-corrected chi connectivity index (χ3v) is 5.29. The first-order valence-corrected chi connectivity index (χ1v) is 7.25. The van der Waals surface area contributed by atoms with E-state index in [0.29, 0.717) is 29.3 Å². The second-order valence-corrected chi connectivity index (χ2v) is 6.10. The van der Waals surface area contributed by atoms with Crippen molar-refractivity contribution in [3.8, 4) is 0 Å². The maximum atomic E-state index is 12.0. The second kappa shape index (κ2) is 4.24. The smallest absolute Gasteiger partial charge is 0.341 e. The molecule has 18 heavy (non-hydrogen) atoms. The number of carbonyl (C=O) groups is 1. The largest absolute Gasteiger partial charge is 0.462 e. The maximum absolute atomic E-state index is 12.0. The van der Waals surface area contributed by atoms with E-state index in [-0.39, 0.29) is 5.97 Å². The van der Waals surface area contributed by atoms with Crippen LogP contribution in [0.15, 0.2) is 0 Å². The summed E-state index contributed by atoms with van der Waals surface area (Å²) in [7, 11) is 2.17. The molecule has 1 fully saturated rings. The molecule has 0 spiro atoms. The van der Waals surface area contributed by atoms with Gasteiger partial charge in [0.15, 0.2) is 0 Å². The lowest BCUT2D eigenvalue weighted by Gasteiger charge is -2.31. The van der Waals surface area contributed by atoms with Gasteiger partial charge in [-0.1, -0.05) is 0 Å². The Kier molecular flexibility index (Phi) is 2.83. The summed E-state index contributed by atoms with van der Waals surface area (Å²) in [4.78, 5) is 15.7. The number of fused-ring (bicyclic) bond motifs is 4. The Morgan fingerprint density at radius 3 is 3.06 bits per heavy atom. The zero-order valence-corrected chi connectivity index (χ0v) is 11.5. The van der Waals surface area contributed by atoms with Gasteiger partial charge in [0.2, 0.25) is 0 Å². The highest BCUT2D eigenvalue weighted by Gasteiger charge is 2.41. The summed E-state index contributed by atoms with van der Waals surface area (Å²) in [5.41, 5.74) is 7.82. The van der Waals surface area contributed by atoms with Gasteiger partial charge in [-0.3, -0.25) is 4.90 Å². The monoisotopic (exact) mass is 266 g/mol. The van der Waals surface area contributed by atoms with Crippen molar-refractivity contribution in [3.05, 3.63) is 16.0 Å². The van der Waals surface area contributed by atoms with Gasteiger partial charge < -0.3 is 10.5 Å². The third-order valence-electron chi connectivity index (χ3n) is 4.13. The van der Waals surface area contributed by atoms with E-state index >= 15 is 0 Å². The number of likely N-dealkylation sites (N-methyl/N-ethyl adjacent to an activating group) is 1. The number of hydrogen-bond donors (Lipinski definition) is 1. The van der Waals surface area contributed by atoms with Gasteiger partial charge in [0.05, 0.1) is 12.2 Å². The molecular formula is C13H18N2O2S. The fourth-order valence-electron chi connectivity index (χ4n) is 3.21. The van der Waals surface area contributed by atoms with Crippen molar-refractivity contribution < 1.29 is 9.53 Å². The zero-order valence-electron chi connectivity index (χ0n) is 10.7. The van der Waals surface area contributed by atoms with Gasteiger partial charge in [-0.05, 0) is 38.8 Å². The molecule has 2 aliphatic rings. The van der Waals surface area contributed by atoms with Crippen LogP contribution in [0.4, 0.5) is 5.00 Å². The fourth-order valence-corrected chi connectivity index (χ4v) is 4.49. The van der Waals surface area contributed by atoms with Gasteiger partial charge in [-0.25, -0.2) is 4.79 Å². The molecule has 2 N–H and O–H groups in total. The molecule has 98 valence electrons. The molecular weight excluding hydrogens is 248 g/mol. The lowest BCUT2D eigenvalue weighted by molar-refractivity contribution is 0.0525. The minimum absolute atomic E-state index is 0.253. The van der Waals surface area contributed by atoms with Crippen LogP contribution in [-0.2, 0) is 11.2 Å². The number of thiophene rings is 1. The van der Waals surface area contributed by atoms with Crippen molar-refractivity contribution >= 4 is 22.3 Å². The quantitative estimate of drug-likeness (QED) is 0.834. The number of carbonyl (C=O) groups excluding carboxylic acids is 1. The lowest BCUT2D eigenvalue weighted by Crippen LogP contribution is -2.33. The van der Waals surface area contributed by atoms with Crippen LogP contribution < -0.4 is 5.73 Å². The predicted molar refractivity (Wildman–Crippen MR) is 71.9 cm³/mol. The van der Waals surface area contributed by atoms with E-state index in [9.17, 15) is 4.79 Å². The van der Waals surface area contributed by atoms with E-state index in [0.717, 1.165) is 12.0 Å². The molecule has 4 nitrogen and oxygen atoms in total. The van der Waals surface area contributed by atoms with Crippen LogP contribution in [0.25, 0.3) is 0 Å². The number of esters is 1. The number of rotatable bonds is 2. The SMILES string of the molecule is CCOC(=O)c1c(N)sc2c1CC1CCC2N1C. The minimum Gasteiger partial charge on any atom is -0.462 e. The first-order valence-electron chi connectivity index (χ1n) is 6.43. The molecule has 1 aromatic heterocycles. The van der Waals surface area contributed by atoms with Crippen molar-refractivity contribution in [2.45, 2.75) is 38.3 Å². The highest BCUT2D eigenvalue weighted by molar-refractivity contribution is 7.16. The Hall–Kier alpha value is -1.07. The summed E-state index contributed by atoms with van der Waals surface area (Å²) in [5.74, 6) is -0.253. The van der Waals surface area contributed by atoms with Crippen molar-refractivity contribution in [1.82, 2.24) is 4.90 Å². The predicted octanol–water partition coefficient (Wildman–Crippen LogP) is 2.20. The van der Waals surface area contributed by atoms with Gasteiger partial charge >= 0.3 is 5.97 Å². The molecule has 2 bridgehead atoms. The molecule has 3 heterocycles. The first kappa shape index (κ1) is 12.0. The molecule has 0 saturated carbocycles. The van der Waals surface area contributed by atoms with E-state index in [4.69, 9.17) is 10.5 Å². The molecule has 2 unspecified atom stereocenters. The molecule has 0 aromatic carbocycles. The average molecular weight is 266 g/mol. The molecule has 0 aliphatic carbocycles. The summed E-state index contributed by atoms with van der Waals surface area (Å²) >= 11 is 1.57. The number of nitrogen functional groups attached to an aromatic ring is 1. The molecule has 1 saturated heterocycles. The standard InChI is InChI=1S/C13H18N2O2S/c1-3-17-13(16)10-8-6-7-4-5-9(15(7)2)11(8)18-12(10)14/h7,9H,3-6,14H2,1-2H3. The number of nitrogens with two attached hydrogens (primary N) is 1. The van der Waals surface area contributed by atoms with Crippen LogP contribution in [0.1, 0.15) is 46.6 Å². The van der Waals surface area contributed by atoms with Gasteiger partial charge in [-0.15, -0.1) is 11.3 Å². The van der Waals surface area contributed by atoms with Crippen molar-refractivity contribution in [3.63, 3.8) is 0 Å². The normalized spacial score (nSPS) is 26.1. The first-order chi connectivity index (χ1) is 8.63. The highest BCUT2D eigenvalue weighted by Crippen LogP contribution is 2.48. The number of hydrogen-bond acceptors (Lipinski definition) is 5. The highest BCUT2D eigenvalue weighted by atomic mass is 32.1. The van der Waals surface area contributed by atoms with E-state index in [1.807, 2.05) is 6.92 Å². The van der Waals surface area contributed by atoms with Crippen LogP contribution >= 0.6 is 11.3 Å². The summed E-state index contributed by atoms with van der Waals surface area (Å²) in [6, 6.07) is 1.01. The molecule has 5 heteroatoms. The van der Waals surface area contributed by atoms with Crippen LogP contribution in [0.2, 0.25) is 0 Å². The molecule has 0 radical (unpaired) electrons. The third kappa shape index (κ3) is 1.57. The van der Waals surface area contributed by atoms with Crippen molar-refractivity contribution in [2.75, 3.05) is 19.4 Å².